The highest BCUT2D eigenvalue weighted by atomic mass is 16.4. The molecule has 1 aliphatic heterocycles. The lowest BCUT2D eigenvalue weighted by Crippen LogP contribution is -2.34. The van der Waals surface area contributed by atoms with E-state index in [1.54, 1.807) is 0 Å². The van der Waals surface area contributed by atoms with Crippen molar-refractivity contribution in [2.45, 2.75) is 39.4 Å². The second kappa shape index (κ2) is 6.50. The van der Waals surface area contributed by atoms with Gasteiger partial charge in [0.25, 0.3) is 0 Å². The summed E-state index contributed by atoms with van der Waals surface area (Å²) >= 11 is 0. The summed E-state index contributed by atoms with van der Waals surface area (Å²) in [5.41, 5.74) is 1.99. The van der Waals surface area contributed by atoms with E-state index in [4.69, 9.17) is 4.42 Å². The largest absolute Gasteiger partial charge is 0.424 e. The smallest absolute Gasteiger partial charge is 0.230 e. The summed E-state index contributed by atoms with van der Waals surface area (Å²) in [7, 11) is 2.11. The fraction of sp³-hybridized carbons (Fsp3) is 0.600. The number of likely N-dealkylation sites (N-methyl/N-ethyl adjacent to an activating group) is 1. The van der Waals surface area contributed by atoms with Gasteiger partial charge in [-0.25, -0.2) is 0 Å². The molecule has 0 aliphatic carbocycles. The Morgan fingerprint density at radius 2 is 2.14 bits per heavy atom. The van der Waals surface area contributed by atoms with E-state index in [0.29, 0.717) is 24.4 Å². The predicted octanol–water partition coefficient (Wildman–Crippen LogP) is 1.18. The van der Waals surface area contributed by atoms with Gasteiger partial charge in [0.2, 0.25) is 11.8 Å². The summed E-state index contributed by atoms with van der Waals surface area (Å²) in [6.45, 7) is 7.43. The number of nitrogens with zero attached hydrogens (tertiary/aromatic N) is 6. The van der Waals surface area contributed by atoms with Gasteiger partial charge in [0.1, 0.15) is 0 Å². The molecule has 1 aliphatic rings. The van der Waals surface area contributed by atoms with Crippen molar-refractivity contribution in [2.75, 3.05) is 20.1 Å². The van der Waals surface area contributed by atoms with Crippen LogP contribution in [-0.2, 0) is 13.1 Å². The number of rotatable bonds is 5. The van der Waals surface area contributed by atoms with E-state index >= 15 is 0 Å². The van der Waals surface area contributed by atoms with Crippen molar-refractivity contribution in [2.24, 2.45) is 0 Å². The van der Waals surface area contributed by atoms with Crippen LogP contribution in [0.5, 0.6) is 0 Å². The SMILES string of the molecule is Cc1cnc(CN2CCC(N(C)Cc3nnc(C)o3)C2)cn1. The molecule has 3 rings (SSSR count). The Labute approximate surface area is 130 Å². The topological polar surface area (TPSA) is 71.2 Å². The van der Waals surface area contributed by atoms with E-state index in [-0.39, 0.29) is 0 Å². The third-order valence-electron chi connectivity index (χ3n) is 4.04. The van der Waals surface area contributed by atoms with Crippen molar-refractivity contribution in [1.29, 1.82) is 0 Å². The average molecular weight is 302 g/mol. The van der Waals surface area contributed by atoms with Crippen molar-refractivity contribution in [3.8, 4) is 0 Å². The Hall–Kier alpha value is -1.86. The van der Waals surface area contributed by atoms with Gasteiger partial charge < -0.3 is 4.42 Å². The lowest BCUT2D eigenvalue weighted by molar-refractivity contribution is 0.204. The molecular weight excluding hydrogens is 280 g/mol. The first kappa shape index (κ1) is 15.1. The number of aryl methyl sites for hydroxylation is 2. The molecule has 0 radical (unpaired) electrons. The summed E-state index contributed by atoms with van der Waals surface area (Å²) in [4.78, 5) is 13.4. The number of likely N-dealkylation sites (tertiary alicyclic amines) is 1. The highest BCUT2D eigenvalue weighted by Crippen LogP contribution is 2.18. The van der Waals surface area contributed by atoms with Crippen LogP contribution in [-0.4, -0.2) is 56.1 Å². The lowest BCUT2D eigenvalue weighted by Gasteiger charge is -2.23. The predicted molar refractivity (Wildman–Crippen MR) is 81.0 cm³/mol. The molecule has 0 N–H and O–H groups in total. The zero-order valence-corrected chi connectivity index (χ0v) is 13.4. The summed E-state index contributed by atoms with van der Waals surface area (Å²) in [5.74, 6) is 1.30. The van der Waals surface area contributed by atoms with Crippen LogP contribution in [0.15, 0.2) is 16.8 Å². The fourth-order valence-electron chi connectivity index (χ4n) is 2.79. The molecule has 22 heavy (non-hydrogen) atoms. The third-order valence-corrected chi connectivity index (χ3v) is 4.04. The van der Waals surface area contributed by atoms with E-state index in [2.05, 4.69) is 37.0 Å². The highest BCUT2D eigenvalue weighted by molar-refractivity contribution is 5.01. The molecule has 2 aromatic heterocycles. The maximum Gasteiger partial charge on any atom is 0.230 e. The lowest BCUT2D eigenvalue weighted by atomic mass is 10.2. The Kier molecular flexibility index (Phi) is 4.44. The summed E-state index contributed by atoms with van der Waals surface area (Å²) in [6.07, 6.45) is 4.84. The van der Waals surface area contributed by atoms with E-state index in [1.165, 1.54) is 0 Å². The molecule has 1 atom stereocenters. The first-order valence-electron chi connectivity index (χ1n) is 7.59. The maximum atomic E-state index is 5.45. The number of hydrogen-bond donors (Lipinski definition) is 0. The van der Waals surface area contributed by atoms with Gasteiger partial charge in [-0.1, -0.05) is 0 Å². The second-order valence-corrected chi connectivity index (χ2v) is 5.96. The number of hydrogen-bond acceptors (Lipinski definition) is 7. The van der Waals surface area contributed by atoms with Crippen LogP contribution < -0.4 is 0 Å². The Balaban J connectivity index is 1.52. The van der Waals surface area contributed by atoms with E-state index in [9.17, 15) is 0 Å². The van der Waals surface area contributed by atoms with Crippen molar-refractivity contribution in [1.82, 2.24) is 30.0 Å². The molecule has 1 unspecified atom stereocenters. The minimum absolute atomic E-state index is 0.505. The van der Waals surface area contributed by atoms with Crippen LogP contribution in [0.3, 0.4) is 0 Å². The summed E-state index contributed by atoms with van der Waals surface area (Å²) in [5, 5.41) is 7.94. The molecule has 7 heteroatoms. The average Bonchev–Trinajstić information content (AvgIpc) is 3.11. The Bertz CT molecular complexity index is 611. The molecule has 0 saturated carbocycles. The van der Waals surface area contributed by atoms with Gasteiger partial charge in [0, 0.05) is 45.0 Å². The van der Waals surface area contributed by atoms with Crippen molar-refractivity contribution < 1.29 is 4.42 Å². The molecular formula is C15H22N6O. The standard InChI is InChI=1S/C15H22N6O/c1-11-6-17-13(7-16-11)8-21-5-4-14(9-21)20(3)10-15-19-18-12(2)22-15/h6-7,14H,4-5,8-10H2,1-3H3. The third kappa shape index (κ3) is 3.66. The Morgan fingerprint density at radius 3 is 2.82 bits per heavy atom. The molecule has 7 nitrogen and oxygen atoms in total. The zero-order valence-electron chi connectivity index (χ0n) is 13.4. The van der Waals surface area contributed by atoms with Crippen molar-refractivity contribution in [3.05, 3.63) is 35.6 Å². The van der Waals surface area contributed by atoms with Crippen LogP contribution in [0, 0.1) is 13.8 Å². The molecule has 1 fully saturated rings. The summed E-state index contributed by atoms with van der Waals surface area (Å²) < 4.78 is 5.45. The molecule has 0 amide bonds. The van der Waals surface area contributed by atoms with Gasteiger partial charge in [-0.3, -0.25) is 19.8 Å². The normalized spacial score (nSPS) is 19.2. The van der Waals surface area contributed by atoms with Gasteiger partial charge in [-0.2, -0.15) is 0 Å². The minimum atomic E-state index is 0.505. The molecule has 0 bridgehead atoms. The first-order chi connectivity index (χ1) is 10.6. The van der Waals surface area contributed by atoms with E-state index < -0.39 is 0 Å². The Morgan fingerprint density at radius 1 is 1.27 bits per heavy atom. The molecule has 2 aromatic rings. The van der Waals surface area contributed by atoms with Crippen LogP contribution in [0.2, 0.25) is 0 Å². The van der Waals surface area contributed by atoms with Crippen LogP contribution >= 0.6 is 0 Å². The van der Waals surface area contributed by atoms with Gasteiger partial charge in [-0.15, -0.1) is 10.2 Å². The van der Waals surface area contributed by atoms with Crippen LogP contribution in [0.4, 0.5) is 0 Å². The van der Waals surface area contributed by atoms with Crippen LogP contribution in [0.25, 0.3) is 0 Å². The fourth-order valence-corrected chi connectivity index (χ4v) is 2.79. The maximum absolute atomic E-state index is 5.45. The van der Waals surface area contributed by atoms with Gasteiger partial charge >= 0.3 is 0 Å². The molecule has 0 aromatic carbocycles. The van der Waals surface area contributed by atoms with E-state index in [1.807, 2.05) is 26.2 Å². The zero-order chi connectivity index (χ0) is 15.5. The minimum Gasteiger partial charge on any atom is -0.424 e. The quantitative estimate of drug-likeness (QED) is 0.821. The van der Waals surface area contributed by atoms with Crippen molar-refractivity contribution >= 4 is 0 Å². The summed E-state index contributed by atoms with van der Waals surface area (Å²) in [6, 6.07) is 0.505. The van der Waals surface area contributed by atoms with Gasteiger partial charge in [-0.05, 0) is 20.4 Å². The number of aromatic nitrogens is 4. The molecule has 3 heterocycles. The van der Waals surface area contributed by atoms with Crippen molar-refractivity contribution in [3.63, 3.8) is 0 Å². The molecule has 1 saturated heterocycles. The van der Waals surface area contributed by atoms with Gasteiger partial charge in [0.15, 0.2) is 0 Å². The van der Waals surface area contributed by atoms with Gasteiger partial charge in [0.05, 0.1) is 17.9 Å². The highest BCUT2D eigenvalue weighted by Gasteiger charge is 2.26. The monoisotopic (exact) mass is 302 g/mol. The van der Waals surface area contributed by atoms with Crippen LogP contribution in [0.1, 0.15) is 29.6 Å². The molecule has 0 spiro atoms. The van der Waals surface area contributed by atoms with E-state index in [0.717, 1.165) is 37.4 Å². The second-order valence-electron chi connectivity index (χ2n) is 5.96. The first-order valence-corrected chi connectivity index (χ1v) is 7.59. The molecule has 118 valence electrons.